The molecule has 1 aromatic rings. The van der Waals surface area contributed by atoms with Gasteiger partial charge < -0.3 is 9.47 Å². The summed E-state index contributed by atoms with van der Waals surface area (Å²) < 4.78 is 49.2. The van der Waals surface area contributed by atoms with Gasteiger partial charge in [-0.05, 0) is 43.7 Å². The van der Waals surface area contributed by atoms with Crippen molar-refractivity contribution in [1.29, 1.82) is 0 Å². The van der Waals surface area contributed by atoms with E-state index in [0.29, 0.717) is 11.1 Å². The quantitative estimate of drug-likeness (QED) is 0.594. The molecule has 0 spiro atoms. The normalized spacial score (nSPS) is 19.0. The summed E-state index contributed by atoms with van der Waals surface area (Å²) in [6.07, 6.45) is -5.81. The van der Waals surface area contributed by atoms with Crippen molar-refractivity contribution in [3.63, 3.8) is 0 Å². The summed E-state index contributed by atoms with van der Waals surface area (Å²) in [5, 5.41) is 0. The summed E-state index contributed by atoms with van der Waals surface area (Å²) in [6, 6.07) is 6.59. The summed E-state index contributed by atoms with van der Waals surface area (Å²) in [5.74, 6) is -2.65. The van der Waals surface area contributed by atoms with Crippen LogP contribution in [-0.4, -0.2) is 31.3 Å². The Bertz CT molecular complexity index is 621. The van der Waals surface area contributed by atoms with Gasteiger partial charge in [-0.3, -0.25) is 9.59 Å². The lowest BCUT2D eigenvalue weighted by atomic mass is 9.66. The Morgan fingerprint density at radius 3 is 2.20 bits per heavy atom. The first-order valence-corrected chi connectivity index (χ1v) is 8.22. The van der Waals surface area contributed by atoms with Crippen molar-refractivity contribution in [3.05, 3.63) is 35.4 Å². The van der Waals surface area contributed by atoms with Crippen LogP contribution in [0, 0.1) is 5.41 Å². The maximum atomic E-state index is 13.1. The second-order valence-corrected chi connectivity index (χ2v) is 6.12. The molecule has 0 fully saturated rings. The van der Waals surface area contributed by atoms with Crippen LogP contribution < -0.4 is 0 Å². The first-order valence-electron chi connectivity index (χ1n) is 8.22. The van der Waals surface area contributed by atoms with Crippen LogP contribution in [0.15, 0.2) is 24.3 Å². The number of carbonyl (C=O) groups excluding carboxylic acids is 2. The molecule has 0 saturated carbocycles. The predicted octanol–water partition coefficient (Wildman–Crippen LogP) is 3.78. The molecule has 0 heterocycles. The largest absolute Gasteiger partial charge is 0.465 e. The molecular formula is C18H21F3O4. The first-order chi connectivity index (χ1) is 11.7. The van der Waals surface area contributed by atoms with Gasteiger partial charge in [-0.15, -0.1) is 0 Å². The van der Waals surface area contributed by atoms with Gasteiger partial charge in [0.25, 0.3) is 0 Å². The molecule has 0 N–H and O–H groups in total. The maximum absolute atomic E-state index is 13.1. The standard InChI is InChI=1S/C18H21F3O4/c1-3-24-15(22)17(16(23)25-4-2)9-12-7-5-6-8-14(12)13(10-17)11-18(19,20)21/h5-8,13H,3-4,9-11H2,1-2H3. The van der Waals surface area contributed by atoms with Crippen LogP contribution in [0.3, 0.4) is 0 Å². The highest BCUT2D eigenvalue weighted by molar-refractivity contribution is 6.01. The number of carbonyl (C=O) groups is 2. The highest BCUT2D eigenvalue weighted by atomic mass is 19.4. The minimum absolute atomic E-state index is 0.0187. The van der Waals surface area contributed by atoms with Crippen molar-refractivity contribution in [3.8, 4) is 0 Å². The van der Waals surface area contributed by atoms with Crippen LogP contribution >= 0.6 is 0 Å². The summed E-state index contributed by atoms with van der Waals surface area (Å²) >= 11 is 0. The van der Waals surface area contributed by atoms with Gasteiger partial charge >= 0.3 is 18.1 Å². The number of hydrogen-bond donors (Lipinski definition) is 0. The van der Waals surface area contributed by atoms with Crippen LogP contribution in [0.4, 0.5) is 13.2 Å². The number of halogens is 3. The van der Waals surface area contributed by atoms with E-state index in [1.54, 1.807) is 38.1 Å². The smallest absolute Gasteiger partial charge is 0.389 e. The molecule has 0 radical (unpaired) electrons. The van der Waals surface area contributed by atoms with E-state index in [0.717, 1.165) is 0 Å². The molecule has 1 unspecified atom stereocenters. The van der Waals surface area contributed by atoms with Crippen LogP contribution in [0.5, 0.6) is 0 Å². The molecule has 1 aliphatic carbocycles. The van der Waals surface area contributed by atoms with Crippen molar-refractivity contribution in [1.82, 2.24) is 0 Å². The fourth-order valence-corrected chi connectivity index (χ4v) is 3.42. The number of hydrogen-bond acceptors (Lipinski definition) is 4. The number of fused-ring (bicyclic) bond motifs is 1. The Hall–Kier alpha value is -2.05. The Balaban J connectivity index is 2.50. The zero-order chi connectivity index (χ0) is 18.7. The molecule has 0 aromatic heterocycles. The molecule has 0 aliphatic heterocycles. The SMILES string of the molecule is CCOC(=O)C1(C(=O)OCC)Cc2ccccc2C(CC(F)(F)F)C1. The summed E-state index contributed by atoms with van der Waals surface area (Å²) in [6.45, 7) is 3.23. The predicted molar refractivity (Wildman–Crippen MR) is 83.9 cm³/mol. The molecule has 7 heteroatoms. The van der Waals surface area contributed by atoms with E-state index in [1.807, 2.05) is 0 Å². The van der Waals surface area contributed by atoms with E-state index in [2.05, 4.69) is 0 Å². The average Bonchev–Trinajstić information content (AvgIpc) is 2.53. The maximum Gasteiger partial charge on any atom is 0.389 e. The highest BCUT2D eigenvalue weighted by Crippen LogP contribution is 2.48. The van der Waals surface area contributed by atoms with E-state index < -0.39 is 35.9 Å². The second-order valence-electron chi connectivity index (χ2n) is 6.12. The molecule has 1 aromatic carbocycles. The molecule has 0 bridgehead atoms. The number of rotatable bonds is 5. The van der Waals surface area contributed by atoms with Gasteiger partial charge in [-0.1, -0.05) is 24.3 Å². The Kier molecular flexibility index (Phi) is 5.75. The van der Waals surface area contributed by atoms with E-state index in [4.69, 9.17) is 9.47 Å². The van der Waals surface area contributed by atoms with Crippen molar-refractivity contribution < 1.29 is 32.2 Å². The van der Waals surface area contributed by atoms with Crippen molar-refractivity contribution in [2.24, 2.45) is 5.41 Å². The van der Waals surface area contributed by atoms with Crippen LogP contribution in [0.2, 0.25) is 0 Å². The minimum atomic E-state index is -4.41. The third-order valence-electron chi connectivity index (χ3n) is 4.39. The fourth-order valence-electron chi connectivity index (χ4n) is 3.42. The Labute approximate surface area is 144 Å². The first kappa shape index (κ1) is 19.3. The second kappa shape index (κ2) is 7.45. The Morgan fingerprint density at radius 1 is 1.12 bits per heavy atom. The highest BCUT2D eigenvalue weighted by Gasteiger charge is 2.54. The number of alkyl halides is 3. The van der Waals surface area contributed by atoms with Crippen LogP contribution in [0.1, 0.15) is 43.7 Å². The lowest BCUT2D eigenvalue weighted by molar-refractivity contribution is -0.176. The summed E-state index contributed by atoms with van der Waals surface area (Å²) in [5.41, 5.74) is -0.677. The fraction of sp³-hybridized carbons (Fsp3) is 0.556. The van der Waals surface area contributed by atoms with E-state index in [-0.39, 0.29) is 26.1 Å². The zero-order valence-electron chi connectivity index (χ0n) is 14.2. The number of ether oxygens (including phenoxy) is 2. The lowest BCUT2D eigenvalue weighted by Crippen LogP contribution is -2.47. The summed E-state index contributed by atoms with van der Waals surface area (Å²) in [7, 11) is 0. The van der Waals surface area contributed by atoms with Crippen molar-refractivity contribution in [2.75, 3.05) is 13.2 Å². The van der Waals surface area contributed by atoms with Crippen LogP contribution in [-0.2, 0) is 25.5 Å². The molecular weight excluding hydrogens is 337 g/mol. The third-order valence-corrected chi connectivity index (χ3v) is 4.39. The van der Waals surface area contributed by atoms with Gasteiger partial charge in [0, 0.05) is 0 Å². The van der Waals surface area contributed by atoms with Crippen molar-refractivity contribution >= 4 is 11.9 Å². The molecule has 0 saturated heterocycles. The van der Waals surface area contributed by atoms with Gasteiger partial charge in [0.2, 0.25) is 0 Å². The van der Waals surface area contributed by atoms with Crippen LogP contribution in [0.25, 0.3) is 0 Å². The van der Waals surface area contributed by atoms with Crippen molar-refractivity contribution in [2.45, 2.75) is 45.2 Å². The molecule has 138 valence electrons. The Morgan fingerprint density at radius 2 is 1.68 bits per heavy atom. The van der Waals surface area contributed by atoms with Gasteiger partial charge in [-0.2, -0.15) is 13.2 Å². The summed E-state index contributed by atoms with van der Waals surface area (Å²) in [4.78, 5) is 25.1. The van der Waals surface area contributed by atoms with E-state index >= 15 is 0 Å². The zero-order valence-corrected chi connectivity index (χ0v) is 14.2. The third kappa shape index (κ3) is 4.14. The molecule has 2 rings (SSSR count). The molecule has 25 heavy (non-hydrogen) atoms. The molecule has 0 amide bonds. The van der Waals surface area contributed by atoms with E-state index in [1.165, 1.54) is 0 Å². The van der Waals surface area contributed by atoms with Gasteiger partial charge in [0.1, 0.15) is 0 Å². The number of esters is 2. The molecule has 1 atom stereocenters. The van der Waals surface area contributed by atoms with Gasteiger partial charge in [-0.25, -0.2) is 0 Å². The van der Waals surface area contributed by atoms with Gasteiger partial charge in [0.15, 0.2) is 5.41 Å². The number of benzene rings is 1. The average molecular weight is 358 g/mol. The van der Waals surface area contributed by atoms with Gasteiger partial charge in [0.05, 0.1) is 19.6 Å². The molecule has 4 nitrogen and oxygen atoms in total. The lowest BCUT2D eigenvalue weighted by Gasteiger charge is -2.38. The minimum Gasteiger partial charge on any atom is -0.465 e. The topological polar surface area (TPSA) is 52.6 Å². The van der Waals surface area contributed by atoms with E-state index in [9.17, 15) is 22.8 Å². The molecule has 1 aliphatic rings. The monoisotopic (exact) mass is 358 g/mol.